The fourth-order valence-electron chi connectivity index (χ4n) is 1.17. The second kappa shape index (κ2) is 4.00. The minimum absolute atomic E-state index is 0.373. The number of aliphatic hydroxyl groups excluding tert-OH is 1. The molecule has 0 aromatic heterocycles. The highest BCUT2D eigenvalue weighted by Crippen LogP contribution is 2.29. The summed E-state index contributed by atoms with van der Waals surface area (Å²) in [6.07, 6.45) is -4.45. The lowest BCUT2D eigenvalue weighted by Gasteiger charge is -2.08. The number of benzene rings is 1. The maximum atomic E-state index is 12.1. The van der Waals surface area contributed by atoms with E-state index < -0.39 is 17.8 Å². The lowest BCUT2D eigenvalue weighted by molar-refractivity contribution is -0.137. The van der Waals surface area contributed by atoms with Gasteiger partial charge in [0.15, 0.2) is 0 Å². The summed E-state index contributed by atoms with van der Waals surface area (Å²) in [5.41, 5.74) is 0.0415. The molecule has 78 valence electrons. The van der Waals surface area contributed by atoms with Crippen molar-refractivity contribution in [1.82, 2.24) is 0 Å². The molecule has 14 heavy (non-hydrogen) atoms. The Morgan fingerprint density at radius 2 is 1.71 bits per heavy atom. The van der Waals surface area contributed by atoms with E-state index in [1.54, 1.807) is 6.92 Å². The molecule has 0 bridgehead atoms. The van der Waals surface area contributed by atoms with Gasteiger partial charge in [0.1, 0.15) is 0 Å². The first-order valence-electron chi connectivity index (χ1n) is 4.24. The molecule has 0 heterocycles. The highest BCUT2D eigenvalue weighted by Gasteiger charge is 2.29. The third-order valence-corrected chi connectivity index (χ3v) is 1.81. The monoisotopic (exact) mass is 204 g/mol. The summed E-state index contributed by atoms with van der Waals surface area (Å²) in [6.45, 7) is 1.59. The second-order valence-corrected chi connectivity index (χ2v) is 3.25. The first-order valence-corrected chi connectivity index (χ1v) is 4.24. The van der Waals surface area contributed by atoms with Crippen molar-refractivity contribution < 1.29 is 18.3 Å². The summed E-state index contributed by atoms with van der Waals surface area (Å²) in [4.78, 5) is 0. The lowest BCUT2D eigenvalue weighted by atomic mass is 10.1. The molecule has 0 spiro atoms. The summed E-state index contributed by atoms with van der Waals surface area (Å²) < 4.78 is 36.4. The maximum absolute atomic E-state index is 12.1. The van der Waals surface area contributed by atoms with E-state index in [-0.39, 0.29) is 0 Å². The van der Waals surface area contributed by atoms with Crippen LogP contribution in [0.15, 0.2) is 24.3 Å². The fourth-order valence-corrected chi connectivity index (χ4v) is 1.17. The highest BCUT2D eigenvalue weighted by atomic mass is 19.4. The molecule has 1 atom stereocenters. The number of hydrogen-bond donors (Lipinski definition) is 1. The van der Waals surface area contributed by atoms with Crippen molar-refractivity contribution in [2.75, 3.05) is 0 Å². The minimum Gasteiger partial charge on any atom is -0.393 e. The van der Waals surface area contributed by atoms with Gasteiger partial charge in [-0.2, -0.15) is 13.2 Å². The minimum atomic E-state index is -4.29. The largest absolute Gasteiger partial charge is 0.416 e. The average molecular weight is 204 g/mol. The van der Waals surface area contributed by atoms with Crippen LogP contribution in [0.4, 0.5) is 13.2 Å². The van der Waals surface area contributed by atoms with E-state index in [2.05, 4.69) is 0 Å². The molecule has 0 fully saturated rings. The van der Waals surface area contributed by atoms with Crippen LogP contribution < -0.4 is 0 Å². The average Bonchev–Trinajstić information content (AvgIpc) is 2.02. The first kappa shape index (κ1) is 11.0. The Hall–Kier alpha value is -1.03. The van der Waals surface area contributed by atoms with E-state index in [4.69, 9.17) is 5.11 Å². The zero-order valence-electron chi connectivity index (χ0n) is 7.67. The summed E-state index contributed by atoms with van der Waals surface area (Å²) >= 11 is 0. The third-order valence-electron chi connectivity index (χ3n) is 1.81. The molecule has 0 aliphatic heterocycles. The van der Waals surface area contributed by atoms with Crippen LogP contribution in [-0.4, -0.2) is 11.2 Å². The molecule has 1 nitrogen and oxygen atoms in total. The Bertz CT molecular complexity index is 287. The molecular formula is C10H11F3O. The molecule has 1 N–H and O–H groups in total. The van der Waals surface area contributed by atoms with Crippen LogP contribution in [0.2, 0.25) is 0 Å². The van der Waals surface area contributed by atoms with Crippen LogP contribution in [0.3, 0.4) is 0 Å². The van der Waals surface area contributed by atoms with Gasteiger partial charge in [-0.15, -0.1) is 0 Å². The molecule has 4 heteroatoms. The SMILES string of the molecule is CC(O)Cc1ccc(C(F)(F)F)cc1. The van der Waals surface area contributed by atoms with Crippen molar-refractivity contribution in [2.24, 2.45) is 0 Å². The van der Waals surface area contributed by atoms with Crippen LogP contribution in [0.1, 0.15) is 18.1 Å². The molecule has 0 amide bonds. The topological polar surface area (TPSA) is 20.2 Å². The van der Waals surface area contributed by atoms with Crippen LogP contribution in [0.5, 0.6) is 0 Å². The fraction of sp³-hybridized carbons (Fsp3) is 0.400. The normalized spacial score (nSPS) is 14.1. The van der Waals surface area contributed by atoms with Gasteiger partial charge in [0.25, 0.3) is 0 Å². The zero-order valence-corrected chi connectivity index (χ0v) is 7.67. The quantitative estimate of drug-likeness (QED) is 0.785. The van der Waals surface area contributed by atoms with Gasteiger partial charge in [-0.3, -0.25) is 0 Å². The summed E-state index contributed by atoms with van der Waals surface area (Å²) in [6, 6.07) is 4.82. The van der Waals surface area contributed by atoms with Gasteiger partial charge in [-0.25, -0.2) is 0 Å². The second-order valence-electron chi connectivity index (χ2n) is 3.25. The van der Waals surface area contributed by atoms with Crippen molar-refractivity contribution >= 4 is 0 Å². The molecule has 1 rings (SSSR count). The molecule has 1 unspecified atom stereocenters. The number of rotatable bonds is 2. The van der Waals surface area contributed by atoms with Gasteiger partial charge >= 0.3 is 6.18 Å². The van der Waals surface area contributed by atoms with Crippen LogP contribution in [0.25, 0.3) is 0 Å². The standard InChI is InChI=1S/C10H11F3O/c1-7(14)6-8-2-4-9(5-3-8)10(11,12)13/h2-5,7,14H,6H2,1H3. The Morgan fingerprint density at radius 1 is 1.21 bits per heavy atom. The van der Waals surface area contributed by atoms with Crippen molar-refractivity contribution in [3.63, 3.8) is 0 Å². The summed E-state index contributed by atoms with van der Waals surface area (Å²) in [5, 5.41) is 9.01. The zero-order chi connectivity index (χ0) is 10.8. The van der Waals surface area contributed by atoms with E-state index in [0.29, 0.717) is 12.0 Å². The molecular weight excluding hydrogens is 193 g/mol. The van der Waals surface area contributed by atoms with Gasteiger partial charge in [0.2, 0.25) is 0 Å². The number of hydrogen-bond acceptors (Lipinski definition) is 1. The molecule has 1 aromatic carbocycles. The molecule has 1 aromatic rings. The van der Waals surface area contributed by atoms with Gasteiger partial charge in [0, 0.05) is 0 Å². The van der Waals surface area contributed by atoms with E-state index in [1.165, 1.54) is 12.1 Å². The van der Waals surface area contributed by atoms with E-state index in [9.17, 15) is 13.2 Å². The predicted molar refractivity (Wildman–Crippen MR) is 46.8 cm³/mol. The molecule has 0 saturated heterocycles. The number of alkyl halides is 3. The lowest BCUT2D eigenvalue weighted by Crippen LogP contribution is -2.07. The van der Waals surface area contributed by atoms with Crippen LogP contribution >= 0.6 is 0 Å². The smallest absolute Gasteiger partial charge is 0.393 e. The van der Waals surface area contributed by atoms with E-state index in [0.717, 1.165) is 12.1 Å². The van der Waals surface area contributed by atoms with E-state index in [1.807, 2.05) is 0 Å². The highest BCUT2D eigenvalue weighted by molar-refractivity contribution is 5.24. The Morgan fingerprint density at radius 3 is 2.07 bits per heavy atom. The summed E-state index contributed by atoms with van der Waals surface area (Å²) in [7, 11) is 0. The molecule has 0 aliphatic carbocycles. The van der Waals surface area contributed by atoms with Gasteiger partial charge in [-0.05, 0) is 31.0 Å². The van der Waals surface area contributed by atoms with Gasteiger partial charge in [0.05, 0.1) is 11.7 Å². The van der Waals surface area contributed by atoms with Crippen molar-refractivity contribution in [3.8, 4) is 0 Å². The van der Waals surface area contributed by atoms with Crippen LogP contribution in [-0.2, 0) is 12.6 Å². The van der Waals surface area contributed by atoms with Gasteiger partial charge < -0.3 is 5.11 Å². The van der Waals surface area contributed by atoms with Gasteiger partial charge in [-0.1, -0.05) is 12.1 Å². The Kier molecular flexibility index (Phi) is 3.16. The molecule has 0 saturated carbocycles. The van der Waals surface area contributed by atoms with Crippen molar-refractivity contribution in [1.29, 1.82) is 0 Å². The first-order chi connectivity index (χ1) is 6.39. The number of halogens is 3. The Balaban J connectivity index is 2.79. The maximum Gasteiger partial charge on any atom is 0.416 e. The van der Waals surface area contributed by atoms with Crippen molar-refractivity contribution in [3.05, 3.63) is 35.4 Å². The summed E-state index contributed by atoms with van der Waals surface area (Å²) in [5.74, 6) is 0. The molecule has 0 aliphatic rings. The predicted octanol–water partition coefficient (Wildman–Crippen LogP) is 2.63. The van der Waals surface area contributed by atoms with E-state index >= 15 is 0 Å². The molecule has 0 radical (unpaired) electrons. The number of aliphatic hydroxyl groups is 1. The Labute approximate surface area is 80.2 Å². The van der Waals surface area contributed by atoms with Crippen molar-refractivity contribution in [2.45, 2.75) is 25.6 Å². The van der Waals surface area contributed by atoms with Crippen LogP contribution in [0, 0.1) is 0 Å². The third kappa shape index (κ3) is 3.03.